The molecule has 2 rings (SSSR count). The molecule has 0 saturated carbocycles. The summed E-state index contributed by atoms with van der Waals surface area (Å²) < 4.78 is 12.9. The SMILES string of the molecule is CC(NC(=O)/C=C/c1cccc([N+](=O)[O-])c1)c1ccc(F)cc1. The van der Waals surface area contributed by atoms with Crippen molar-refractivity contribution in [3.63, 3.8) is 0 Å². The van der Waals surface area contributed by atoms with Crippen molar-refractivity contribution in [2.24, 2.45) is 0 Å². The van der Waals surface area contributed by atoms with E-state index in [1.54, 1.807) is 31.2 Å². The number of nitro groups is 1. The second kappa shape index (κ2) is 7.31. The third-order valence-corrected chi connectivity index (χ3v) is 3.24. The van der Waals surface area contributed by atoms with Crippen molar-refractivity contribution in [2.45, 2.75) is 13.0 Å². The fourth-order valence-corrected chi connectivity index (χ4v) is 2.01. The molecule has 0 aliphatic heterocycles. The Kier molecular flexibility index (Phi) is 5.19. The van der Waals surface area contributed by atoms with Gasteiger partial charge in [-0.2, -0.15) is 0 Å². The molecule has 23 heavy (non-hydrogen) atoms. The molecule has 1 atom stereocenters. The molecule has 0 aromatic heterocycles. The van der Waals surface area contributed by atoms with Crippen molar-refractivity contribution >= 4 is 17.7 Å². The lowest BCUT2D eigenvalue weighted by Gasteiger charge is -2.12. The lowest BCUT2D eigenvalue weighted by molar-refractivity contribution is -0.384. The van der Waals surface area contributed by atoms with Crippen LogP contribution in [-0.2, 0) is 4.79 Å². The van der Waals surface area contributed by atoms with Gasteiger partial charge in [0.05, 0.1) is 11.0 Å². The Labute approximate surface area is 132 Å². The zero-order valence-electron chi connectivity index (χ0n) is 12.4. The van der Waals surface area contributed by atoms with Gasteiger partial charge in [-0.25, -0.2) is 4.39 Å². The molecule has 0 fully saturated rings. The van der Waals surface area contributed by atoms with Crippen molar-refractivity contribution in [1.82, 2.24) is 5.32 Å². The maximum atomic E-state index is 12.9. The molecule has 5 nitrogen and oxygen atoms in total. The van der Waals surface area contributed by atoms with Crippen LogP contribution in [-0.4, -0.2) is 10.8 Å². The normalized spacial score (nSPS) is 12.1. The topological polar surface area (TPSA) is 72.2 Å². The zero-order valence-corrected chi connectivity index (χ0v) is 12.4. The Hall–Kier alpha value is -3.02. The van der Waals surface area contributed by atoms with Gasteiger partial charge in [-0.05, 0) is 36.3 Å². The van der Waals surface area contributed by atoms with E-state index in [9.17, 15) is 19.3 Å². The largest absolute Gasteiger partial charge is 0.346 e. The number of halogens is 1. The van der Waals surface area contributed by atoms with E-state index in [1.165, 1.54) is 36.4 Å². The average Bonchev–Trinajstić information content (AvgIpc) is 2.53. The maximum absolute atomic E-state index is 12.9. The van der Waals surface area contributed by atoms with E-state index in [0.29, 0.717) is 5.56 Å². The highest BCUT2D eigenvalue weighted by Crippen LogP contribution is 2.15. The lowest BCUT2D eigenvalue weighted by Crippen LogP contribution is -2.24. The highest BCUT2D eigenvalue weighted by Gasteiger charge is 2.08. The minimum atomic E-state index is -0.492. The van der Waals surface area contributed by atoms with Gasteiger partial charge in [-0.3, -0.25) is 14.9 Å². The molecule has 2 aromatic rings. The number of benzene rings is 2. The molecule has 2 aromatic carbocycles. The van der Waals surface area contributed by atoms with Gasteiger partial charge in [0, 0.05) is 18.2 Å². The first-order chi connectivity index (χ1) is 11.0. The van der Waals surface area contributed by atoms with E-state index in [-0.39, 0.29) is 23.5 Å². The average molecular weight is 314 g/mol. The Balaban J connectivity index is 2.00. The number of nitro benzene ring substituents is 1. The Bertz CT molecular complexity index is 742. The molecule has 0 heterocycles. The fraction of sp³-hybridized carbons (Fsp3) is 0.118. The van der Waals surface area contributed by atoms with Crippen LogP contribution in [0, 0.1) is 15.9 Å². The van der Waals surface area contributed by atoms with Gasteiger partial charge in [-0.15, -0.1) is 0 Å². The van der Waals surface area contributed by atoms with Gasteiger partial charge in [0.1, 0.15) is 5.82 Å². The molecule has 1 unspecified atom stereocenters. The van der Waals surface area contributed by atoms with Gasteiger partial charge in [-0.1, -0.05) is 24.3 Å². The highest BCUT2D eigenvalue weighted by molar-refractivity contribution is 5.92. The molecule has 118 valence electrons. The van der Waals surface area contributed by atoms with Crippen LogP contribution < -0.4 is 5.32 Å². The summed E-state index contributed by atoms with van der Waals surface area (Å²) in [6.45, 7) is 1.78. The van der Waals surface area contributed by atoms with E-state index in [1.807, 2.05) is 0 Å². The number of carbonyl (C=O) groups is 1. The molecule has 0 aliphatic carbocycles. The summed E-state index contributed by atoms with van der Waals surface area (Å²) in [7, 11) is 0. The highest BCUT2D eigenvalue weighted by atomic mass is 19.1. The van der Waals surface area contributed by atoms with Crippen molar-refractivity contribution < 1.29 is 14.1 Å². The van der Waals surface area contributed by atoms with E-state index in [4.69, 9.17) is 0 Å². The Morgan fingerprint density at radius 1 is 1.26 bits per heavy atom. The fourth-order valence-electron chi connectivity index (χ4n) is 2.01. The van der Waals surface area contributed by atoms with Crippen molar-refractivity contribution in [1.29, 1.82) is 0 Å². The van der Waals surface area contributed by atoms with Crippen LogP contribution in [0.25, 0.3) is 6.08 Å². The smallest absolute Gasteiger partial charge is 0.270 e. The van der Waals surface area contributed by atoms with Crippen LogP contribution in [0.2, 0.25) is 0 Å². The molecule has 1 amide bonds. The number of nitrogens with one attached hydrogen (secondary N) is 1. The third kappa shape index (κ3) is 4.74. The van der Waals surface area contributed by atoms with Gasteiger partial charge >= 0.3 is 0 Å². The number of rotatable bonds is 5. The van der Waals surface area contributed by atoms with Crippen molar-refractivity contribution in [2.75, 3.05) is 0 Å². The lowest BCUT2D eigenvalue weighted by atomic mass is 10.1. The van der Waals surface area contributed by atoms with Crippen LogP contribution in [0.5, 0.6) is 0 Å². The number of non-ortho nitro benzene ring substituents is 1. The molecular weight excluding hydrogens is 299 g/mol. The maximum Gasteiger partial charge on any atom is 0.270 e. The van der Waals surface area contributed by atoms with Crippen molar-refractivity contribution in [3.05, 3.63) is 81.7 Å². The monoisotopic (exact) mass is 314 g/mol. The van der Waals surface area contributed by atoms with Crippen molar-refractivity contribution in [3.8, 4) is 0 Å². The standard InChI is InChI=1S/C17H15FN2O3/c1-12(14-6-8-15(18)9-7-14)19-17(21)10-5-13-3-2-4-16(11-13)20(22)23/h2-12H,1H3,(H,19,21)/b10-5+. The Morgan fingerprint density at radius 2 is 1.96 bits per heavy atom. The van der Waals surface area contributed by atoms with E-state index < -0.39 is 4.92 Å². The van der Waals surface area contributed by atoms with Crippen LogP contribution in [0.3, 0.4) is 0 Å². The van der Waals surface area contributed by atoms with Gasteiger partial charge in [0.2, 0.25) is 5.91 Å². The quantitative estimate of drug-likeness (QED) is 0.520. The summed E-state index contributed by atoms with van der Waals surface area (Å²) in [4.78, 5) is 22.1. The summed E-state index contributed by atoms with van der Waals surface area (Å²) in [5.74, 6) is -0.675. The number of amides is 1. The molecule has 6 heteroatoms. The first-order valence-corrected chi connectivity index (χ1v) is 6.94. The summed E-state index contributed by atoms with van der Waals surface area (Å²) in [5.41, 5.74) is 1.31. The van der Waals surface area contributed by atoms with Crippen LogP contribution in [0.4, 0.5) is 10.1 Å². The molecule has 1 N–H and O–H groups in total. The van der Waals surface area contributed by atoms with Gasteiger partial charge in [0.25, 0.3) is 5.69 Å². The molecule has 0 spiro atoms. The third-order valence-electron chi connectivity index (χ3n) is 3.24. The predicted molar refractivity (Wildman–Crippen MR) is 85.1 cm³/mol. The second-order valence-electron chi connectivity index (χ2n) is 4.97. The predicted octanol–water partition coefficient (Wildman–Crippen LogP) is 3.62. The number of hydrogen-bond acceptors (Lipinski definition) is 3. The minimum absolute atomic E-state index is 0.0350. The van der Waals surface area contributed by atoms with E-state index in [0.717, 1.165) is 5.56 Å². The van der Waals surface area contributed by atoms with E-state index >= 15 is 0 Å². The molecule has 0 aliphatic rings. The van der Waals surface area contributed by atoms with Crippen LogP contribution in [0.15, 0.2) is 54.6 Å². The number of carbonyl (C=O) groups excluding carboxylic acids is 1. The van der Waals surface area contributed by atoms with Gasteiger partial charge in [0.15, 0.2) is 0 Å². The van der Waals surface area contributed by atoms with Crippen LogP contribution >= 0.6 is 0 Å². The summed E-state index contributed by atoms with van der Waals surface area (Å²) in [6, 6.07) is 11.6. The van der Waals surface area contributed by atoms with Crippen LogP contribution in [0.1, 0.15) is 24.1 Å². The van der Waals surface area contributed by atoms with Gasteiger partial charge < -0.3 is 5.32 Å². The molecular formula is C17H15FN2O3. The summed E-state index contributed by atoms with van der Waals surface area (Å²) >= 11 is 0. The first-order valence-electron chi connectivity index (χ1n) is 6.94. The Morgan fingerprint density at radius 3 is 2.61 bits per heavy atom. The zero-order chi connectivity index (χ0) is 16.8. The van der Waals surface area contributed by atoms with E-state index in [2.05, 4.69) is 5.32 Å². The molecule has 0 saturated heterocycles. The minimum Gasteiger partial charge on any atom is -0.346 e. The molecule has 0 radical (unpaired) electrons. The molecule has 0 bridgehead atoms. The summed E-state index contributed by atoms with van der Waals surface area (Å²) in [6.07, 6.45) is 2.80. The first kappa shape index (κ1) is 16.4. The number of hydrogen-bond donors (Lipinski definition) is 1. The second-order valence-corrected chi connectivity index (χ2v) is 4.97. The number of nitrogens with zero attached hydrogens (tertiary/aromatic N) is 1. The summed E-state index contributed by atoms with van der Waals surface area (Å²) in [5, 5.41) is 13.4.